The third-order valence-electron chi connectivity index (χ3n) is 6.26. The molecule has 1 saturated carbocycles. The van der Waals surface area contributed by atoms with Gasteiger partial charge >= 0.3 is 0 Å². The van der Waals surface area contributed by atoms with Gasteiger partial charge in [-0.3, -0.25) is 4.79 Å². The molecule has 2 N–H and O–H groups in total. The number of nitrogens with zero attached hydrogens (tertiary/aromatic N) is 2. The Morgan fingerprint density at radius 3 is 2.79 bits per heavy atom. The smallest absolute Gasteiger partial charge is 0.243 e. The fourth-order valence-corrected chi connectivity index (χ4v) is 4.77. The van der Waals surface area contributed by atoms with Crippen molar-refractivity contribution in [2.24, 2.45) is 11.0 Å². The van der Waals surface area contributed by atoms with E-state index in [0.29, 0.717) is 17.2 Å². The number of aryl methyl sites for hydroxylation is 1. The molecule has 5 heteroatoms. The minimum atomic E-state index is -0.0462. The molecule has 0 spiro atoms. The van der Waals surface area contributed by atoms with Gasteiger partial charge in [0.25, 0.3) is 0 Å². The molecule has 144 valence electrons. The Morgan fingerprint density at radius 1 is 1.18 bits per heavy atom. The number of carbonyl (C=O) groups is 1. The molecule has 1 aliphatic carbocycles. The van der Waals surface area contributed by atoms with Crippen LogP contribution < -0.4 is 10.3 Å². The number of nitrogens with one attached hydrogen (secondary N) is 1. The molecule has 2 aromatic carbocycles. The zero-order valence-electron chi connectivity index (χ0n) is 15.9. The van der Waals surface area contributed by atoms with E-state index in [1.165, 1.54) is 16.8 Å². The third-order valence-corrected chi connectivity index (χ3v) is 6.26. The average Bonchev–Trinajstić information content (AvgIpc) is 3.53. The average molecular weight is 375 g/mol. The van der Waals surface area contributed by atoms with Crippen LogP contribution in [-0.4, -0.2) is 30.3 Å². The van der Waals surface area contributed by atoms with Crippen molar-refractivity contribution >= 4 is 17.8 Å². The number of amides is 1. The highest BCUT2D eigenvalue weighted by Gasteiger charge is 2.43. The molecule has 2 aliphatic heterocycles. The topological polar surface area (TPSA) is 64.9 Å². The maximum atomic E-state index is 12.4. The highest BCUT2D eigenvalue weighted by molar-refractivity contribution is 5.89. The van der Waals surface area contributed by atoms with Gasteiger partial charge in [0.2, 0.25) is 5.91 Å². The molecular formula is C23H25N3O2. The van der Waals surface area contributed by atoms with E-state index in [1.807, 2.05) is 24.3 Å². The number of benzene rings is 2. The molecule has 2 heterocycles. The molecule has 2 unspecified atom stereocenters. The second-order valence-electron chi connectivity index (χ2n) is 8.09. The molecule has 1 amide bonds. The molecule has 5 rings (SSSR count). The molecule has 3 aliphatic rings. The normalized spacial score (nSPS) is 22.8. The fourth-order valence-electron chi connectivity index (χ4n) is 4.77. The first kappa shape index (κ1) is 17.3. The first-order chi connectivity index (χ1) is 13.7. The molecule has 1 fully saturated rings. The summed E-state index contributed by atoms with van der Waals surface area (Å²) in [7, 11) is 0. The van der Waals surface area contributed by atoms with E-state index >= 15 is 0 Å². The molecule has 2 aromatic rings. The molecule has 0 radical (unpaired) electrons. The van der Waals surface area contributed by atoms with Gasteiger partial charge in [-0.2, -0.15) is 5.10 Å². The van der Waals surface area contributed by atoms with Crippen LogP contribution in [0.2, 0.25) is 0 Å². The SMILES string of the molecule is O=C(N/N=C/c1cc2c3c(c1O)CCCN3CCC2)C1CC1c1ccccc1. The number of rotatable bonds is 4. The van der Waals surface area contributed by atoms with Gasteiger partial charge in [0.1, 0.15) is 5.75 Å². The molecule has 28 heavy (non-hydrogen) atoms. The first-order valence-electron chi connectivity index (χ1n) is 10.2. The molecular weight excluding hydrogens is 350 g/mol. The summed E-state index contributed by atoms with van der Waals surface area (Å²) in [6.07, 6.45) is 6.62. The van der Waals surface area contributed by atoms with Gasteiger partial charge in [-0.25, -0.2) is 5.43 Å². The fraction of sp³-hybridized carbons (Fsp3) is 0.391. The summed E-state index contributed by atoms with van der Waals surface area (Å²) in [5, 5.41) is 14.9. The van der Waals surface area contributed by atoms with Crippen molar-refractivity contribution in [3.05, 3.63) is 58.7 Å². The lowest BCUT2D eigenvalue weighted by Gasteiger charge is -2.37. The Balaban J connectivity index is 1.29. The second kappa shape index (κ2) is 6.97. The van der Waals surface area contributed by atoms with Crippen LogP contribution in [0.15, 0.2) is 41.5 Å². The van der Waals surface area contributed by atoms with Crippen LogP contribution in [0, 0.1) is 5.92 Å². The van der Waals surface area contributed by atoms with E-state index in [-0.39, 0.29) is 11.8 Å². The molecule has 0 aromatic heterocycles. The van der Waals surface area contributed by atoms with Crippen LogP contribution in [0.3, 0.4) is 0 Å². The number of anilines is 1. The molecule has 5 nitrogen and oxygen atoms in total. The predicted molar refractivity (Wildman–Crippen MR) is 110 cm³/mol. The lowest BCUT2D eigenvalue weighted by atomic mass is 9.89. The van der Waals surface area contributed by atoms with Crippen LogP contribution in [0.5, 0.6) is 5.75 Å². The first-order valence-corrected chi connectivity index (χ1v) is 10.2. The Hall–Kier alpha value is -2.82. The summed E-state index contributed by atoms with van der Waals surface area (Å²) in [5.74, 6) is 0.558. The quantitative estimate of drug-likeness (QED) is 0.636. The van der Waals surface area contributed by atoms with E-state index < -0.39 is 0 Å². The van der Waals surface area contributed by atoms with Crippen molar-refractivity contribution in [2.45, 2.75) is 38.0 Å². The highest BCUT2D eigenvalue weighted by Crippen LogP contribution is 2.47. The second-order valence-corrected chi connectivity index (χ2v) is 8.09. The van der Waals surface area contributed by atoms with Crippen molar-refractivity contribution in [1.29, 1.82) is 0 Å². The standard InChI is InChI=1S/C23H25N3O2/c27-22-17(12-16-8-4-10-26-11-5-9-18(22)21(16)26)14-24-25-23(28)20-13-19(20)15-6-2-1-3-7-15/h1-3,6-7,12,14,19-20,27H,4-5,8-11,13H2,(H,25,28)/b24-14+. The van der Waals surface area contributed by atoms with Crippen molar-refractivity contribution in [2.75, 3.05) is 18.0 Å². The Morgan fingerprint density at radius 2 is 1.96 bits per heavy atom. The van der Waals surface area contributed by atoms with Crippen LogP contribution in [0.25, 0.3) is 0 Å². The minimum Gasteiger partial charge on any atom is -0.507 e. The number of phenolic OH excluding ortho intramolecular Hbond substituents is 1. The summed E-state index contributed by atoms with van der Waals surface area (Å²) >= 11 is 0. The predicted octanol–water partition coefficient (Wildman–Crippen LogP) is 3.34. The van der Waals surface area contributed by atoms with Gasteiger partial charge in [0.05, 0.1) is 6.21 Å². The maximum Gasteiger partial charge on any atom is 0.243 e. The monoisotopic (exact) mass is 375 g/mol. The maximum absolute atomic E-state index is 12.4. The van der Waals surface area contributed by atoms with E-state index in [2.05, 4.69) is 27.6 Å². The van der Waals surface area contributed by atoms with Crippen molar-refractivity contribution < 1.29 is 9.90 Å². The third kappa shape index (κ3) is 3.05. The summed E-state index contributed by atoms with van der Waals surface area (Å²) in [4.78, 5) is 14.8. The molecule has 0 saturated heterocycles. The van der Waals surface area contributed by atoms with Gasteiger partial charge in [0.15, 0.2) is 0 Å². The zero-order valence-corrected chi connectivity index (χ0v) is 15.9. The minimum absolute atomic E-state index is 0.00797. The molecule has 0 bridgehead atoms. The van der Waals surface area contributed by atoms with Crippen molar-refractivity contribution in [3.63, 3.8) is 0 Å². The summed E-state index contributed by atoms with van der Waals surface area (Å²) in [5.41, 5.74) is 8.15. The van der Waals surface area contributed by atoms with Crippen LogP contribution in [0.4, 0.5) is 5.69 Å². The van der Waals surface area contributed by atoms with Gasteiger partial charge in [-0.1, -0.05) is 30.3 Å². The lowest BCUT2D eigenvalue weighted by molar-refractivity contribution is -0.122. The van der Waals surface area contributed by atoms with Gasteiger partial charge in [-0.15, -0.1) is 0 Å². The Labute approximate surface area is 165 Å². The van der Waals surface area contributed by atoms with Gasteiger partial charge < -0.3 is 10.0 Å². The number of carbonyl (C=O) groups excluding carboxylic acids is 1. The number of phenols is 1. The summed E-state index contributed by atoms with van der Waals surface area (Å²) in [6.45, 7) is 2.15. The Kier molecular flexibility index (Phi) is 4.30. The number of hydrogen-bond acceptors (Lipinski definition) is 4. The van der Waals surface area contributed by atoms with E-state index in [1.54, 1.807) is 6.21 Å². The van der Waals surface area contributed by atoms with Crippen LogP contribution in [-0.2, 0) is 17.6 Å². The van der Waals surface area contributed by atoms with Gasteiger partial charge in [0, 0.05) is 35.8 Å². The molecule has 2 atom stereocenters. The van der Waals surface area contributed by atoms with E-state index in [9.17, 15) is 9.90 Å². The number of aromatic hydroxyl groups is 1. The number of hydrogen-bond donors (Lipinski definition) is 2. The van der Waals surface area contributed by atoms with Crippen LogP contribution in [0.1, 0.15) is 47.4 Å². The highest BCUT2D eigenvalue weighted by atomic mass is 16.3. The summed E-state index contributed by atoms with van der Waals surface area (Å²) in [6, 6.07) is 12.2. The van der Waals surface area contributed by atoms with Crippen LogP contribution >= 0.6 is 0 Å². The van der Waals surface area contributed by atoms with E-state index in [0.717, 1.165) is 50.8 Å². The Bertz CT molecular complexity index is 937. The van der Waals surface area contributed by atoms with Crippen molar-refractivity contribution in [3.8, 4) is 5.75 Å². The number of hydrazone groups is 1. The lowest BCUT2D eigenvalue weighted by Crippen LogP contribution is -2.34. The largest absolute Gasteiger partial charge is 0.507 e. The summed E-state index contributed by atoms with van der Waals surface area (Å²) < 4.78 is 0. The van der Waals surface area contributed by atoms with E-state index in [4.69, 9.17) is 0 Å². The van der Waals surface area contributed by atoms with Crippen molar-refractivity contribution in [1.82, 2.24) is 5.43 Å². The van der Waals surface area contributed by atoms with Gasteiger partial charge in [-0.05, 0) is 55.2 Å². The zero-order chi connectivity index (χ0) is 19.1.